The van der Waals surface area contributed by atoms with Crippen LogP contribution in [0.1, 0.15) is 72.5 Å². The second-order valence-corrected chi connectivity index (χ2v) is 11.9. The number of fused-ring (bicyclic) bond motifs is 1. The van der Waals surface area contributed by atoms with E-state index in [2.05, 4.69) is 4.72 Å². The first-order valence-electron chi connectivity index (χ1n) is 12.5. The third-order valence-electron chi connectivity index (χ3n) is 7.30. The van der Waals surface area contributed by atoms with Crippen LogP contribution in [0, 0.1) is 12.8 Å². The van der Waals surface area contributed by atoms with Crippen molar-refractivity contribution >= 4 is 27.3 Å². The molecule has 2 N–H and O–H groups in total. The smallest absolute Gasteiger partial charge is 0.343 e. The van der Waals surface area contributed by atoms with E-state index in [1.807, 2.05) is 6.07 Å². The highest BCUT2D eigenvalue weighted by molar-refractivity contribution is 7.92. The average Bonchev–Trinajstić information content (AvgIpc) is 3.64. The van der Waals surface area contributed by atoms with Gasteiger partial charge >= 0.3 is 5.63 Å². The molecule has 1 saturated carbocycles. The molecular weight excluding hydrogens is 498 g/mol. The van der Waals surface area contributed by atoms with E-state index in [9.17, 15) is 18.3 Å². The maximum Gasteiger partial charge on any atom is 0.343 e. The van der Waals surface area contributed by atoms with E-state index in [4.69, 9.17) is 16.0 Å². The fraction of sp³-hybridized carbons (Fsp3) is 0.393. The zero-order valence-corrected chi connectivity index (χ0v) is 21.8. The summed E-state index contributed by atoms with van der Waals surface area (Å²) < 4.78 is 34.7. The van der Waals surface area contributed by atoms with Crippen LogP contribution >= 0.6 is 11.6 Å². The summed E-state index contributed by atoms with van der Waals surface area (Å²) in [6.45, 7) is 1.67. The highest BCUT2D eigenvalue weighted by atomic mass is 35.5. The number of hydrogen-bond acceptors (Lipinski definition) is 5. The van der Waals surface area contributed by atoms with E-state index in [-0.39, 0.29) is 22.5 Å². The van der Waals surface area contributed by atoms with Crippen LogP contribution in [0.3, 0.4) is 0 Å². The first-order valence-corrected chi connectivity index (χ1v) is 14.4. The maximum absolute atomic E-state index is 13.2. The molecule has 1 unspecified atom stereocenters. The van der Waals surface area contributed by atoms with Gasteiger partial charge in [0.15, 0.2) is 0 Å². The van der Waals surface area contributed by atoms with Crippen molar-refractivity contribution in [2.75, 3.05) is 4.72 Å². The van der Waals surface area contributed by atoms with Crippen molar-refractivity contribution in [3.63, 3.8) is 0 Å². The number of sulfonamides is 1. The first kappa shape index (κ1) is 24.9. The van der Waals surface area contributed by atoms with Crippen molar-refractivity contribution in [2.45, 2.75) is 69.1 Å². The largest absolute Gasteiger partial charge is 0.507 e. The van der Waals surface area contributed by atoms with Crippen LogP contribution < -0.4 is 10.3 Å². The van der Waals surface area contributed by atoms with Gasteiger partial charge in [-0.05, 0) is 80.3 Å². The van der Waals surface area contributed by atoms with Gasteiger partial charge in [0.05, 0.1) is 10.5 Å². The number of anilines is 1. The van der Waals surface area contributed by atoms with Gasteiger partial charge < -0.3 is 9.52 Å². The van der Waals surface area contributed by atoms with Gasteiger partial charge in [0, 0.05) is 28.6 Å². The first-order chi connectivity index (χ1) is 17.3. The van der Waals surface area contributed by atoms with Gasteiger partial charge in [0.1, 0.15) is 11.5 Å². The van der Waals surface area contributed by atoms with E-state index in [0.717, 1.165) is 49.7 Å². The number of aromatic hydroxyl groups is 1. The number of benzene rings is 2. The van der Waals surface area contributed by atoms with Crippen LogP contribution in [0.15, 0.2) is 56.6 Å². The topological polar surface area (TPSA) is 96.6 Å². The van der Waals surface area contributed by atoms with Gasteiger partial charge in [-0.15, -0.1) is 0 Å². The predicted octanol–water partition coefficient (Wildman–Crippen LogP) is 6.31. The zero-order valence-electron chi connectivity index (χ0n) is 20.2. The molecular formula is C28H30ClNO5S. The van der Waals surface area contributed by atoms with Crippen molar-refractivity contribution in [1.82, 2.24) is 0 Å². The molecule has 1 heterocycles. The van der Waals surface area contributed by atoms with Crippen molar-refractivity contribution in [1.29, 1.82) is 0 Å². The summed E-state index contributed by atoms with van der Waals surface area (Å²) in [7, 11) is -3.88. The van der Waals surface area contributed by atoms with Gasteiger partial charge in [-0.3, -0.25) is 4.72 Å². The third kappa shape index (κ3) is 4.91. The molecule has 2 aliphatic rings. The monoisotopic (exact) mass is 527 g/mol. The Hall–Kier alpha value is -2.77. The number of nitrogens with one attached hydrogen (secondary N) is 1. The number of aryl methyl sites for hydroxylation is 1. The Kier molecular flexibility index (Phi) is 6.88. The summed E-state index contributed by atoms with van der Waals surface area (Å²) in [6, 6.07) is 11.8. The fourth-order valence-corrected chi connectivity index (χ4v) is 6.83. The molecule has 0 bridgehead atoms. The Labute approximate surface area is 216 Å². The van der Waals surface area contributed by atoms with E-state index in [1.54, 1.807) is 37.3 Å². The Balaban J connectivity index is 1.53. The summed E-state index contributed by atoms with van der Waals surface area (Å²) in [5.41, 5.74) is 2.18. The Morgan fingerprint density at radius 1 is 1.06 bits per heavy atom. The predicted molar refractivity (Wildman–Crippen MR) is 141 cm³/mol. The molecule has 1 atom stereocenters. The molecule has 5 rings (SSSR count). The van der Waals surface area contributed by atoms with E-state index in [1.165, 1.54) is 6.07 Å². The molecule has 190 valence electrons. The highest BCUT2D eigenvalue weighted by Crippen LogP contribution is 2.49. The summed E-state index contributed by atoms with van der Waals surface area (Å²) >= 11 is 6.14. The molecule has 8 heteroatoms. The lowest BCUT2D eigenvalue weighted by atomic mass is 9.85. The van der Waals surface area contributed by atoms with Crippen LogP contribution in [0.25, 0.3) is 0 Å². The summed E-state index contributed by atoms with van der Waals surface area (Å²) in [5.74, 6) is 0.483. The molecule has 0 aliphatic heterocycles. The SMILES string of the molecule is Cc1c(Cl)cccc1S(=O)(=O)Nc1cccc(C(c2c(O)c3c(oc2=O)CCCCCC3)C2CC2)c1. The van der Waals surface area contributed by atoms with Gasteiger partial charge in [-0.25, -0.2) is 13.2 Å². The Morgan fingerprint density at radius 2 is 1.78 bits per heavy atom. The van der Waals surface area contributed by atoms with E-state index in [0.29, 0.717) is 40.4 Å². The van der Waals surface area contributed by atoms with Crippen LogP contribution in [-0.4, -0.2) is 13.5 Å². The maximum atomic E-state index is 13.2. The van der Waals surface area contributed by atoms with Crippen LogP contribution in [0.2, 0.25) is 5.02 Å². The molecule has 36 heavy (non-hydrogen) atoms. The van der Waals surface area contributed by atoms with Gasteiger partial charge in [-0.2, -0.15) is 0 Å². The van der Waals surface area contributed by atoms with Gasteiger partial charge in [0.25, 0.3) is 10.0 Å². The fourth-order valence-electron chi connectivity index (χ4n) is 5.28. The lowest BCUT2D eigenvalue weighted by Crippen LogP contribution is -2.19. The van der Waals surface area contributed by atoms with Crippen LogP contribution in [0.4, 0.5) is 5.69 Å². The van der Waals surface area contributed by atoms with Crippen molar-refractivity contribution in [2.24, 2.45) is 5.92 Å². The Morgan fingerprint density at radius 3 is 2.53 bits per heavy atom. The Bertz CT molecular complexity index is 1460. The molecule has 6 nitrogen and oxygen atoms in total. The zero-order chi connectivity index (χ0) is 25.4. The molecule has 2 aliphatic carbocycles. The second kappa shape index (κ2) is 9.94. The average molecular weight is 528 g/mol. The number of rotatable bonds is 6. The third-order valence-corrected chi connectivity index (χ3v) is 9.24. The van der Waals surface area contributed by atoms with E-state index < -0.39 is 15.6 Å². The van der Waals surface area contributed by atoms with Crippen molar-refractivity contribution in [3.05, 3.63) is 85.9 Å². The summed E-state index contributed by atoms with van der Waals surface area (Å²) in [6.07, 6.45) is 7.27. The standard InChI is InChI=1S/C28H30ClNO5S/c1-17-22(29)11-7-13-24(17)36(33,34)30-20-9-6-8-19(16-20)25(18-14-15-18)26-27(31)21-10-4-2-3-5-12-23(21)35-28(26)32/h6-9,11,13,16,18,25,30-31H,2-5,10,12,14-15H2,1H3. The molecule has 0 radical (unpaired) electrons. The normalized spacial score (nSPS) is 17.1. The minimum Gasteiger partial charge on any atom is -0.507 e. The van der Waals surface area contributed by atoms with Crippen molar-refractivity contribution < 1.29 is 17.9 Å². The van der Waals surface area contributed by atoms with Crippen molar-refractivity contribution in [3.8, 4) is 5.75 Å². The second-order valence-electron chi connectivity index (χ2n) is 9.88. The lowest BCUT2D eigenvalue weighted by molar-refractivity contribution is 0.382. The molecule has 0 spiro atoms. The lowest BCUT2D eigenvalue weighted by Gasteiger charge is -2.22. The quantitative estimate of drug-likeness (QED) is 0.391. The number of hydrogen-bond donors (Lipinski definition) is 2. The van der Waals surface area contributed by atoms with Gasteiger partial charge in [-0.1, -0.05) is 42.6 Å². The summed E-state index contributed by atoms with van der Waals surface area (Å²) in [4.78, 5) is 13.3. The highest BCUT2D eigenvalue weighted by Gasteiger charge is 2.38. The van der Waals surface area contributed by atoms with Gasteiger partial charge in [0.2, 0.25) is 0 Å². The molecule has 3 aromatic rings. The van der Waals surface area contributed by atoms with Crippen LogP contribution in [0.5, 0.6) is 5.75 Å². The molecule has 2 aromatic carbocycles. The molecule has 1 aromatic heterocycles. The molecule has 1 fully saturated rings. The minimum absolute atomic E-state index is 0.0561. The number of halogens is 1. The van der Waals surface area contributed by atoms with E-state index >= 15 is 0 Å². The van der Waals surface area contributed by atoms with Crippen LogP contribution in [-0.2, 0) is 22.9 Å². The minimum atomic E-state index is -3.88. The molecule has 0 saturated heterocycles. The molecule has 0 amide bonds. The summed E-state index contributed by atoms with van der Waals surface area (Å²) in [5, 5.41) is 11.7.